The number of rotatable bonds is 3. The van der Waals surface area contributed by atoms with Crippen LogP contribution in [-0.2, 0) is 6.42 Å². The first-order valence-electron chi connectivity index (χ1n) is 12.5. The lowest BCUT2D eigenvalue weighted by molar-refractivity contribution is 0.654. The molecule has 0 spiro atoms. The first-order chi connectivity index (χ1) is 15.7. The maximum absolute atomic E-state index is 2.49. The largest absolute Gasteiger partial charge is 0.0763 e. The second kappa shape index (κ2) is 7.62. The summed E-state index contributed by atoms with van der Waals surface area (Å²) in [6, 6.07) is 14.0. The van der Waals surface area contributed by atoms with Gasteiger partial charge in [-0.15, -0.1) is 0 Å². The van der Waals surface area contributed by atoms with Crippen LogP contribution in [0.5, 0.6) is 0 Å². The Morgan fingerprint density at radius 1 is 0.938 bits per heavy atom. The van der Waals surface area contributed by atoms with Gasteiger partial charge in [-0.05, 0) is 81.9 Å². The average molecular weight is 417 g/mol. The minimum atomic E-state index is 0.466. The molecule has 0 N–H and O–H groups in total. The Balaban J connectivity index is 1.74. The first-order valence-corrected chi connectivity index (χ1v) is 12.5. The van der Waals surface area contributed by atoms with Crippen molar-refractivity contribution in [3.63, 3.8) is 0 Å². The number of hydrogen-bond acceptors (Lipinski definition) is 0. The van der Waals surface area contributed by atoms with Gasteiger partial charge in [-0.2, -0.15) is 0 Å². The SMILES string of the molecule is CCCC[C@@H]1C=Cc2cccc3c2C1=C1/C3=C2/C=CC=C(CCc3cccc1c3C)C2C. The van der Waals surface area contributed by atoms with E-state index in [1.807, 2.05) is 0 Å². The summed E-state index contributed by atoms with van der Waals surface area (Å²) in [5.74, 6) is 0.966. The zero-order valence-electron chi connectivity index (χ0n) is 19.5. The van der Waals surface area contributed by atoms with Gasteiger partial charge in [0.25, 0.3) is 0 Å². The summed E-state index contributed by atoms with van der Waals surface area (Å²) >= 11 is 0. The smallest absolute Gasteiger partial charge is 0.00340 e. The molecule has 0 radical (unpaired) electrons. The Labute approximate surface area is 192 Å². The number of aryl methyl sites for hydroxylation is 1. The Bertz CT molecular complexity index is 1270. The van der Waals surface area contributed by atoms with E-state index in [4.69, 9.17) is 0 Å². The van der Waals surface area contributed by atoms with Gasteiger partial charge in [0.2, 0.25) is 0 Å². The number of unbranched alkanes of at least 4 members (excludes halogenated alkanes) is 1. The van der Waals surface area contributed by atoms with Crippen molar-refractivity contribution >= 4 is 22.8 Å². The van der Waals surface area contributed by atoms with E-state index in [0.717, 1.165) is 12.8 Å². The molecule has 0 heteroatoms. The quantitative estimate of drug-likeness (QED) is 0.470. The Morgan fingerprint density at radius 2 is 1.78 bits per heavy atom. The first kappa shape index (κ1) is 19.8. The highest BCUT2D eigenvalue weighted by Crippen LogP contribution is 2.56. The van der Waals surface area contributed by atoms with Crippen molar-refractivity contribution in [3.05, 3.63) is 105 Å². The molecule has 4 aliphatic carbocycles. The highest BCUT2D eigenvalue weighted by atomic mass is 14.4. The summed E-state index contributed by atoms with van der Waals surface area (Å²) in [5, 5.41) is 0. The van der Waals surface area contributed by atoms with E-state index >= 15 is 0 Å². The van der Waals surface area contributed by atoms with Gasteiger partial charge < -0.3 is 0 Å². The van der Waals surface area contributed by atoms with Crippen molar-refractivity contribution in [1.29, 1.82) is 0 Å². The van der Waals surface area contributed by atoms with Gasteiger partial charge in [0.1, 0.15) is 0 Å². The summed E-state index contributed by atoms with van der Waals surface area (Å²) in [4.78, 5) is 0. The summed E-state index contributed by atoms with van der Waals surface area (Å²) in [7, 11) is 0. The summed E-state index contributed by atoms with van der Waals surface area (Å²) in [5.41, 5.74) is 16.5. The number of benzene rings is 2. The lowest BCUT2D eigenvalue weighted by Gasteiger charge is -2.28. The second-order valence-electron chi connectivity index (χ2n) is 9.91. The molecule has 0 nitrogen and oxygen atoms in total. The zero-order chi connectivity index (χ0) is 21.8. The molecule has 0 amide bonds. The maximum atomic E-state index is 2.49. The monoisotopic (exact) mass is 416 g/mol. The molecule has 0 saturated heterocycles. The maximum Gasteiger partial charge on any atom is 0.00340 e. The van der Waals surface area contributed by atoms with Crippen molar-refractivity contribution in [2.75, 3.05) is 0 Å². The van der Waals surface area contributed by atoms with Crippen LogP contribution in [-0.4, -0.2) is 0 Å². The number of fused-ring (bicyclic) bond motifs is 7. The van der Waals surface area contributed by atoms with Crippen LogP contribution >= 0.6 is 0 Å². The Hall–Kier alpha value is -2.86. The van der Waals surface area contributed by atoms with Crippen LogP contribution < -0.4 is 0 Å². The van der Waals surface area contributed by atoms with Crippen LogP contribution in [0.1, 0.15) is 72.9 Å². The van der Waals surface area contributed by atoms with Crippen LogP contribution in [0.25, 0.3) is 22.8 Å². The predicted octanol–water partition coefficient (Wildman–Crippen LogP) is 8.58. The lowest BCUT2D eigenvalue weighted by Crippen LogP contribution is -2.11. The van der Waals surface area contributed by atoms with Crippen molar-refractivity contribution in [1.82, 2.24) is 0 Å². The van der Waals surface area contributed by atoms with Crippen molar-refractivity contribution in [2.45, 2.75) is 52.9 Å². The van der Waals surface area contributed by atoms with Gasteiger partial charge in [-0.3, -0.25) is 0 Å². The highest BCUT2D eigenvalue weighted by Gasteiger charge is 2.37. The zero-order valence-corrected chi connectivity index (χ0v) is 19.5. The molecule has 0 aromatic heterocycles. The molecule has 0 fully saturated rings. The van der Waals surface area contributed by atoms with Crippen molar-refractivity contribution in [2.24, 2.45) is 11.8 Å². The third-order valence-electron chi connectivity index (χ3n) is 8.20. The van der Waals surface area contributed by atoms with Crippen LogP contribution in [0.15, 0.2) is 71.8 Å². The van der Waals surface area contributed by atoms with Crippen molar-refractivity contribution in [3.8, 4) is 0 Å². The molecular formula is C32H32. The molecule has 0 saturated carbocycles. The highest BCUT2D eigenvalue weighted by molar-refractivity contribution is 6.24. The second-order valence-corrected chi connectivity index (χ2v) is 9.91. The van der Waals surface area contributed by atoms with Gasteiger partial charge >= 0.3 is 0 Å². The Kier molecular flexibility index (Phi) is 4.72. The van der Waals surface area contributed by atoms with Gasteiger partial charge in [-0.25, -0.2) is 0 Å². The van der Waals surface area contributed by atoms with E-state index in [1.165, 1.54) is 69.4 Å². The topological polar surface area (TPSA) is 0 Å². The number of hydrogen-bond donors (Lipinski definition) is 0. The predicted molar refractivity (Wildman–Crippen MR) is 138 cm³/mol. The molecule has 4 bridgehead atoms. The van der Waals surface area contributed by atoms with E-state index < -0.39 is 0 Å². The van der Waals surface area contributed by atoms with E-state index in [9.17, 15) is 0 Å². The van der Waals surface area contributed by atoms with Gasteiger partial charge in [0.15, 0.2) is 0 Å². The fraction of sp³-hybridized carbons (Fsp3) is 0.312. The molecule has 2 atom stereocenters. The molecule has 0 aliphatic heterocycles. The summed E-state index contributed by atoms with van der Waals surface area (Å²) in [6.07, 6.45) is 18.0. The van der Waals surface area contributed by atoms with Gasteiger partial charge in [-0.1, -0.05) is 99.0 Å². The van der Waals surface area contributed by atoms with E-state index in [0.29, 0.717) is 11.8 Å². The molecule has 0 heterocycles. The molecule has 6 rings (SSSR count). The minimum Gasteiger partial charge on any atom is -0.0763 e. The average Bonchev–Trinajstić information content (AvgIpc) is 3.15. The molecule has 4 aliphatic rings. The fourth-order valence-corrected chi connectivity index (χ4v) is 6.41. The van der Waals surface area contributed by atoms with E-state index in [-0.39, 0.29) is 0 Å². The molecular weight excluding hydrogens is 384 g/mol. The molecule has 32 heavy (non-hydrogen) atoms. The molecule has 2 aromatic carbocycles. The molecule has 2 aromatic rings. The summed E-state index contributed by atoms with van der Waals surface area (Å²) in [6.45, 7) is 7.09. The van der Waals surface area contributed by atoms with Crippen LogP contribution in [0, 0.1) is 18.8 Å². The third kappa shape index (κ3) is 2.82. The fourth-order valence-electron chi connectivity index (χ4n) is 6.41. The van der Waals surface area contributed by atoms with Crippen LogP contribution in [0.2, 0.25) is 0 Å². The molecule has 160 valence electrons. The normalized spacial score (nSPS) is 24.9. The third-order valence-corrected chi connectivity index (χ3v) is 8.20. The van der Waals surface area contributed by atoms with Crippen molar-refractivity contribution < 1.29 is 0 Å². The Morgan fingerprint density at radius 3 is 2.66 bits per heavy atom. The van der Waals surface area contributed by atoms with E-state index in [1.54, 1.807) is 11.1 Å². The standard InChI is InChI=1S/C32H32/c1-4-5-9-25-19-18-24-12-8-15-28-29(24)30(25)32-27-14-7-11-23(21(27)3)17-16-22-10-6-13-26(20(22)2)31(28)32/h6-8,10-15,18-20,25H,4-5,9,16-17H2,1-3H3/b31-26-/t20?,25-/m1/s1. The van der Waals surface area contributed by atoms with Gasteiger partial charge in [0.05, 0.1) is 0 Å². The lowest BCUT2D eigenvalue weighted by atomic mass is 9.76. The molecule has 1 unspecified atom stereocenters. The van der Waals surface area contributed by atoms with Gasteiger partial charge in [0, 0.05) is 11.8 Å². The van der Waals surface area contributed by atoms with Crippen LogP contribution in [0.4, 0.5) is 0 Å². The van der Waals surface area contributed by atoms with E-state index in [2.05, 4.69) is 87.5 Å². The minimum absolute atomic E-state index is 0.466. The summed E-state index contributed by atoms with van der Waals surface area (Å²) < 4.78 is 0. The number of allylic oxidation sites excluding steroid dienone is 9. The van der Waals surface area contributed by atoms with Crippen LogP contribution in [0.3, 0.4) is 0 Å².